The van der Waals surface area contributed by atoms with Crippen LogP contribution in [0.4, 0.5) is 10.5 Å². The number of nitrogens with zero attached hydrogens (tertiary/aromatic N) is 1. The van der Waals surface area contributed by atoms with Gasteiger partial charge in [0.25, 0.3) is 11.1 Å². The minimum absolute atomic E-state index is 0.273. The molecule has 0 N–H and O–H groups in total. The lowest BCUT2D eigenvalue weighted by molar-refractivity contribution is -0.113. The molecule has 3 aromatic rings. The van der Waals surface area contributed by atoms with E-state index in [1.165, 1.54) is 0 Å². The van der Waals surface area contributed by atoms with Crippen molar-refractivity contribution in [3.05, 3.63) is 80.3 Å². The molecular formula is C20H10Cl3NO3S. The van der Waals surface area contributed by atoms with Crippen LogP contribution in [0, 0.1) is 0 Å². The number of halogens is 3. The van der Waals surface area contributed by atoms with Crippen molar-refractivity contribution in [3.63, 3.8) is 0 Å². The van der Waals surface area contributed by atoms with Crippen LogP contribution in [0.1, 0.15) is 5.76 Å². The lowest BCUT2D eigenvalue weighted by Crippen LogP contribution is -2.27. The van der Waals surface area contributed by atoms with E-state index < -0.39 is 5.91 Å². The number of benzene rings is 2. The third kappa shape index (κ3) is 3.71. The van der Waals surface area contributed by atoms with Crippen LogP contribution < -0.4 is 4.90 Å². The molecule has 1 fully saturated rings. The molecule has 140 valence electrons. The van der Waals surface area contributed by atoms with E-state index in [-0.39, 0.29) is 10.1 Å². The lowest BCUT2D eigenvalue weighted by Gasteiger charge is -2.11. The van der Waals surface area contributed by atoms with E-state index in [2.05, 4.69) is 0 Å². The van der Waals surface area contributed by atoms with Crippen molar-refractivity contribution in [1.82, 2.24) is 0 Å². The minimum Gasteiger partial charge on any atom is -0.457 e. The normalized spacial score (nSPS) is 15.7. The SMILES string of the molecule is O=C1S/C(=C\c2ccc(-c3ccc(Cl)c(Cl)c3)o2)C(=O)N1c1ccc(Cl)cc1. The number of carbonyl (C=O) groups excluding carboxylic acids is 2. The van der Waals surface area contributed by atoms with Crippen LogP contribution in [0.3, 0.4) is 0 Å². The Morgan fingerprint density at radius 2 is 1.64 bits per heavy atom. The average molecular weight is 451 g/mol. The number of hydrogen-bond acceptors (Lipinski definition) is 4. The summed E-state index contributed by atoms with van der Waals surface area (Å²) in [7, 11) is 0. The molecule has 8 heteroatoms. The fourth-order valence-electron chi connectivity index (χ4n) is 2.64. The molecule has 0 spiro atoms. The fraction of sp³-hybridized carbons (Fsp3) is 0. The maximum absolute atomic E-state index is 12.7. The van der Waals surface area contributed by atoms with E-state index in [0.29, 0.717) is 32.3 Å². The van der Waals surface area contributed by atoms with Crippen molar-refractivity contribution >= 4 is 69.5 Å². The molecule has 4 rings (SSSR count). The summed E-state index contributed by atoms with van der Waals surface area (Å²) in [4.78, 5) is 26.4. The van der Waals surface area contributed by atoms with Gasteiger partial charge in [-0.1, -0.05) is 34.8 Å². The number of carbonyl (C=O) groups is 2. The van der Waals surface area contributed by atoms with Gasteiger partial charge in [0.1, 0.15) is 11.5 Å². The number of anilines is 1. The molecule has 2 aromatic carbocycles. The van der Waals surface area contributed by atoms with Gasteiger partial charge in [0.15, 0.2) is 0 Å². The quantitative estimate of drug-likeness (QED) is 0.398. The summed E-state index contributed by atoms with van der Waals surface area (Å²) in [6.07, 6.45) is 1.54. The first-order valence-electron chi connectivity index (χ1n) is 8.01. The summed E-state index contributed by atoms with van der Waals surface area (Å²) in [5, 5.41) is 1.01. The van der Waals surface area contributed by atoms with E-state index in [1.54, 1.807) is 60.7 Å². The highest BCUT2D eigenvalue weighted by atomic mass is 35.5. The predicted molar refractivity (Wildman–Crippen MR) is 114 cm³/mol. The summed E-state index contributed by atoms with van der Waals surface area (Å²) >= 11 is 18.7. The zero-order valence-corrected chi connectivity index (χ0v) is 17.1. The third-order valence-electron chi connectivity index (χ3n) is 3.98. The van der Waals surface area contributed by atoms with E-state index in [0.717, 1.165) is 22.2 Å². The van der Waals surface area contributed by atoms with Gasteiger partial charge in [-0.25, -0.2) is 4.90 Å². The smallest absolute Gasteiger partial charge is 0.298 e. The summed E-state index contributed by atoms with van der Waals surface area (Å²) in [5.41, 5.74) is 1.22. The second-order valence-corrected chi connectivity index (χ2v) is 8.07. The molecular weight excluding hydrogens is 441 g/mol. The van der Waals surface area contributed by atoms with Gasteiger partial charge >= 0.3 is 0 Å². The van der Waals surface area contributed by atoms with Crippen LogP contribution in [0.25, 0.3) is 17.4 Å². The summed E-state index contributed by atoms with van der Waals surface area (Å²) in [6.45, 7) is 0. The Balaban J connectivity index is 1.60. The van der Waals surface area contributed by atoms with Gasteiger partial charge in [-0.15, -0.1) is 0 Å². The molecule has 0 aliphatic carbocycles. The maximum atomic E-state index is 12.7. The van der Waals surface area contributed by atoms with Crippen molar-refractivity contribution in [1.29, 1.82) is 0 Å². The van der Waals surface area contributed by atoms with Gasteiger partial charge in [0.2, 0.25) is 0 Å². The Kier molecular flexibility index (Phi) is 5.25. The van der Waals surface area contributed by atoms with Crippen LogP contribution >= 0.6 is 46.6 Å². The number of imide groups is 1. The Hall–Kier alpha value is -2.18. The van der Waals surface area contributed by atoms with E-state index >= 15 is 0 Å². The zero-order valence-electron chi connectivity index (χ0n) is 14.0. The molecule has 4 nitrogen and oxygen atoms in total. The molecule has 1 aromatic heterocycles. The van der Waals surface area contributed by atoms with Gasteiger partial charge < -0.3 is 4.42 Å². The zero-order chi connectivity index (χ0) is 19.8. The van der Waals surface area contributed by atoms with Gasteiger partial charge in [-0.3, -0.25) is 9.59 Å². The molecule has 0 unspecified atom stereocenters. The van der Waals surface area contributed by atoms with E-state index in [9.17, 15) is 9.59 Å². The van der Waals surface area contributed by atoms with Gasteiger partial charge in [0, 0.05) is 16.7 Å². The predicted octanol–water partition coefficient (Wildman–Crippen LogP) is 7.15. The van der Waals surface area contributed by atoms with Crippen molar-refractivity contribution in [2.24, 2.45) is 0 Å². The van der Waals surface area contributed by atoms with Crippen molar-refractivity contribution < 1.29 is 14.0 Å². The standard InChI is InChI=1S/C20H10Cl3NO3S/c21-12-2-4-13(5-3-12)24-19(25)18(28-20(24)26)10-14-6-8-17(27-14)11-1-7-15(22)16(23)9-11/h1-10H/b18-10-. The fourth-order valence-corrected chi connectivity index (χ4v) is 3.89. The monoisotopic (exact) mass is 449 g/mol. The highest BCUT2D eigenvalue weighted by Crippen LogP contribution is 2.37. The number of rotatable bonds is 3. The number of hydrogen-bond donors (Lipinski definition) is 0. The van der Waals surface area contributed by atoms with E-state index in [4.69, 9.17) is 39.2 Å². The van der Waals surface area contributed by atoms with Gasteiger partial charge in [-0.2, -0.15) is 0 Å². The maximum Gasteiger partial charge on any atom is 0.298 e. The van der Waals surface area contributed by atoms with Crippen LogP contribution in [0.2, 0.25) is 15.1 Å². The van der Waals surface area contributed by atoms with E-state index in [1.807, 2.05) is 0 Å². The molecule has 2 heterocycles. The van der Waals surface area contributed by atoms with Crippen LogP contribution in [0.5, 0.6) is 0 Å². The molecule has 0 bridgehead atoms. The second-order valence-electron chi connectivity index (χ2n) is 5.82. The molecule has 2 amide bonds. The number of amides is 2. The molecule has 0 saturated carbocycles. The molecule has 1 saturated heterocycles. The van der Waals surface area contributed by atoms with Gasteiger partial charge in [0.05, 0.1) is 20.6 Å². The molecule has 28 heavy (non-hydrogen) atoms. The van der Waals surface area contributed by atoms with Crippen molar-refractivity contribution in [3.8, 4) is 11.3 Å². The Morgan fingerprint density at radius 1 is 0.893 bits per heavy atom. The Morgan fingerprint density at radius 3 is 2.36 bits per heavy atom. The molecule has 0 atom stereocenters. The second kappa shape index (κ2) is 7.68. The minimum atomic E-state index is -0.412. The summed E-state index contributed by atoms with van der Waals surface area (Å²) in [6, 6.07) is 15.1. The first-order chi connectivity index (χ1) is 13.4. The lowest BCUT2D eigenvalue weighted by atomic mass is 10.2. The summed E-state index contributed by atoms with van der Waals surface area (Å²) < 4.78 is 5.78. The van der Waals surface area contributed by atoms with Crippen LogP contribution in [-0.4, -0.2) is 11.1 Å². The first kappa shape index (κ1) is 19.2. The van der Waals surface area contributed by atoms with Crippen molar-refractivity contribution in [2.75, 3.05) is 4.90 Å². The highest BCUT2D eigenvalue weighted by molar-refractivity contribution is 8.19. The van der Waals surface area contributed by atoms with Crippen molar-refractivity contribution in [2.45, 2.75) is 0 Å². The molecule has 1 aliphatic heterocycles. The highest BCUT2D eigenvalue weighted by Gasteiger charge is 2.36. The molecule has 0 radical (unpaired) electrons. The third-order valence-corrected chi connectivity index (χ3v) is 5.84. The Labute approximate surface area is 179 Å². The van der Waals surface area contributed by atoms with Gasteiger partial charge in [-0.05, 0) is 66.4 Å². The van der Waals surface area contributed by atoms with Crippen LogP contribution in [0.15, 0.2) is 63.9 Å². The first-order valence-corrected chi connectivity index (χ1v) is 9.96. The van der Waals surface area contributed by atoms with Crippen LogP contribution in [-0.2, 0) is 4.79 Å². The summed E-state index contributed by atoms with van der Waals surface area (Å²) in [5.74, 6) is 0.606. The average Bonchev–Trinajstić information content (AvgIpc) is 3.24. The number of furan rings is 1. The number of thioether (sulfide) groups is 1. The largest absolute Gasteiger partial charge is 0.457 e. The molecule has 1 aliphatic rings. The topological polar surface area (TPSA) is 50.5 Å². The Bertz CT molecular complexity index is 1120.